The zero-order chi connectivity index (χ0) is 22.7. The number of allylic oxidation sites excluding steroid dienone is 1. The van der Waals surface area contributed by atoms with E-state index in [-0.39, 0.29) is 22.8 Å². The fraction of sp³-hybridized carbons (Fsp3) is 0.273. The van der Waals surface area contributed by atoms with Gasteiger partial charge in [-0.15, -0.1) is 0 Å². The van der Waals surface area contributed by atoms with E-state index in [9.17, 15) is 14.9 Å². The van der Waals surface area contributed by atoms with Crippen molar-refractivity contribution in [1.82, 2.24) is 10.2 Å². The molecule has 162 valence electrons. The number of ether oxygens (including phenoxy) is 2. The first-order valence-corrected chi connectivity index (χ1v) is 10.0. The van der Waals surface area contributed by atoms with Crippen molar-refractivity contribution in [1.29, 1.82) is 0 Å². The molecule has 0 bridgehead atoms. The third kappa shape index (κ3) is 4.22. The van der Waals surface area contributed by atoms with Gasteiger partial charge in [-0.3, -0.25) is 14.9 Å². The van der Waals surface area contributed by atoms with Crippen molar-refractivity contribution in [2.24, 2.45) is 0 Å². The summed E-state index contributed by atoms with van der Waals surface area (Å²) in [4.78, 5) is 26.6. The molecule has 0 spiro atoms. The Morgan fingerprint density at radius 3 is 2.52 bits per heavy atom. The van der Waals surface area contributed by atoms with Gasteiger partial charge in [0, 0.05) is 23.9 Å². The molecule has 0 aromatic heterocycles. The van der Waals surface area contributed by atoms with Gasteiger partial charge in [-0.1, -0.05) is 30.3 Å². The quantitative estimate of drug-likeness (QED) is 0.298. The van der Waals surface area contributed by atoms with Crippen LogP contribution in [0.1, 0.15) is 35.8 Å². The minimum absolute atomic E-state index is 0.198. The molecule has 0 fully saturated rings. The molecule has 1 atom stereocenters. The topological polar surface area (TPSA) is 93.9 Å². The maximum absolute atomic E-state index is 13.5. The minimum atomic E-state index is -0.832. The molecule has 31 heavy (non-hydrogen) atoms. The van der Waals surface area contributed by atoms with Crippen molar-refractivity contribution in [3.05, 3.63) is 75.0 Å². The number of ketones is 1. The van der Waals surface area contributed by atoms with E-state index in [1.807, 2.05) is 6.07 Å². The molecule has 1 unspecified atom stereocenters. The molecule has 0 radical (unpaired) electrons. The first-order chi connectivity index (χ1) is 14.8. The maximum Gasteiger partial charge on any atom is 0.279 e. The number of methoxy groups -OCH3 is 1. The summed E-state index contributed by atoms with van der Waals surface area (Å²) in [6.45, 7) is 3.92. The van der Waals surface area contributed by atoms with Crippen LogP contribution < -0.4 is 14.8 Å². The second-order valence-corrected chi connectivity index (χ2v) is 7.27. The van der Waals surface area contributed by atoms with E-state index < -0.39 is 11.0 Å². The smallest absolute Gasteiger partial charge is 0.279 e. The second-order valence-electron chi connectivity index (χ2n) is 6.89. The Kier molecular flexibility index (Phi) is 6.55. The number of nitrogens with zero attached hydrogens (tertiary/aromatic N) is 2. The van der Waals surface area contributed by atoms with Gasteiger partial charge in [-0.05, 0) is 32.1 Å². The van der Waals surface area contributed by atoms with Gasteiger partial charge in [0.05, 0.1) is 36.3 Å². The Labute approximate surface area is 185 Å². The van der Waals surface area contributed by atoms with Gasteiger partial charge in [0.2, 0.25) is 0 Å². The van der Waals surface area contributed by atoms with Crippen molar-refractivity contribution in [3.8, 4) is 11.5 Å². The Morgan fingerprint density at radius 1 is 1.26 bits per heavy atom. The molecule has 1 heterocycles. The highest BCUT2D eigenvalue weighted by Gasteiger charge is 2.37. The van der Waals surface area contributed by atoms with E-state index in [0.717, 1.165) is 0 Å². The van der Waals surface area contributed by atoms with Crippen LogP contribution in [-0.2, 0) is 0 Å². The molecule has 8 nitrogen and oxygen atoms in total. The number of hydrogen-bond acceptors (Lipinski definition) is 6. The largest absolute Gasteiger partial charge is 0.493 e. The van der Waals surface area contributed by atoms with Crippen LogP contribution in [0.5, 0.6) is 11.5 Å². The van der Waals surface area contributed by atoms with E-state index in [2.05, 4.69) is 5.32 Å². The highest BCUT2D eigenvalue weighted by atomic mass is 32.1. The summed E-state index contributed by atoms with van der Waals surface area (Å²) in [6.07, 6.45) is 0. The first kappa shape index (κ1) is 22.2. The molecule has 0 amide bonds. The van der Waals surface area contributed by atoms with Crippen LogP contribution in [0.15, 0.2) is 53.7 Å². The van der Waals surface area contributed by atoms with Gasteiger partial charge in [-0.25, -0.2) is 0 Å². The van der Waals surface area contributed by atoms with Crippen LogP contribution >= 0.6 is 12.2 Å². The molecule has 1 aliphatic heterocycles. The van der Waals surface area contributed by atoms with E-state index in [0.29, 0.717) is 34.3 Å². The lowest BCUT2D eigenvalue weighted by atomic mass is 9.88. The molecular formula is C22H23N3O5S. The highest BCUT2D eigenvalue weighted by Crippen LogP contribution is 2.42. The van der Waals surface area contributed by atoms with Gasteiger partial charge >= 0.3 is 0 Å². The van der Waals surface area contributed by atoms with Gasteiger partial charge in [-0.2, -0.15) is 0 Å². The van der Waals surface area contributed by atoms with Gasteiger partial charge in [0.1, 0.15) is 0 Å². The Bertz CT molecular complexity index is 1070. The number of rotatable bonds is 7. The highest BCUT2D eigenvalue weighted by molar-refractivity contribution is 7.80. The Balaban J connectivity index is 2.25. The molecule has 0 saturated carbocycles. The molecule has 2 aromatic carbocycles. The van der Waals surface area contributed by atoms with Crippen LogP contribution in [0.25, 0.3) is 0 Å². The summed E-state index contributed by atoms with van der Waals surface area (Å²) in [7, 11) is 3.16. The average Bonchev–Trinajstić information content (AvgIpc) is 2.77. The lowest BCUT2D eigenvalue weighted by molar-refractivity contribution is -0.385. The number of nitrogens with one attached hydrogen (secondary N) is 1. The van der Waals surface area contributed by atoms with Crippen molar-refractivity contribution < 1.29 is 19.2 Å². The molecule has 9 heteroatoms. The SMILES string of the molecule is CCOc1cc(C2NC(=S)N(C)C(C)=C2C(=O)c2ccccc2)c([N+](=O)[O-])cc1OC. The summed E-state index contributed by atoms with van der Waals surface area (Å²) in [5.41, 5.74) is 1.54. The summed E-state index contributed by atoms with van der Waals surface area (Å²) in [6, 6.07) is 10.8. The Hall–Kier alpha value is -3.46. The summed E-state index contributed by atoms with van der Waals surface area (Å²) in [5.74, 6) is 0.346. The zero-order valence-electron chi connectivity index (χ0n) is 17.7. The molecule has 0 aliphatic carbocycles. The number of hydrogen-bond donors (Lipinski definition) is 1. The van der Waals surface area contributed by atoms with Crippen LogP contribution in [0.4, 0.5) is 5.69 Å². The van der Waals surface area contributed by atoms with Crippen LogP contribution in [0, 0.1) is 10.1 Å². The fourth-order valence-electron chi connectivity index (χ4n) is 3.49. The second kappa shape index (κ2) is 9.13. The van der Waals surface area contributed by atoms with Crippen LogP contribution in [-0.4, -0.2) is 41.5 Å². The van der Waals surface area contributed by atoms with Crippen molar-refractivity contribution in [2.45, 2.75) is 19.9 Å². The van der Waals surface area contributed by atoms with E-state index in [4.69, 9.17) is 21.7 Å². The standard InChI is InChI=1S/C22H23N3O5S/c1-5-30-18-11-15(16(25(27)28)12-17(18)29-4)20-19(13(2)24(3)22(31)23-20)21(26)14-9-7-6-8-10-14/h6-12,20H,5H2,1-4H3,(H,23,31). The molecule has 2 aromatic rings. The summed E-state index contributed by atoms with van der Waals surface area (Å²) < 4.78 is 10.9. The summed E-state index contributed by atoms with van der Waals surface area (Å²) >= 11 is 5.42. The van der Waals surface area contributed by atoms with Crippen LogP contribution in [0.3, 0.4) is 0 Å². The lowest BCUT2D eigenvalue weighted by Gasteiger charge is -2.35. The lowest BCUT2D eigenvalue weighted by Crippen LogP contribution is -2.46. The molecular weight excluding hydrogens is 418 g/mol. The number of nitro benzene ring substituents is 1. The predicted octanol–water partition coefficient (Wildman–Crippen LogP) is 4.02. The average molecular weight is 442 g/mol. The minimum Gasteiger partial charge on any atom is -0.493 e. The van der Waals surface area contributed by atoms with E-state index in [1.165, 1.54) is 19.2 Å². The Morgan fingerprint density at radius 2 is 1.94 bits per heavy atom. The zero-order valence-corrected chi connectivity index (χ0v) is 18.5. The maximum atomic E-state index is 13.5. The van der Waals surface area contributed by atoms with Gasteiger partial charge < -0.3 is 19.7 Å². The predicted molar refractivity (Wildman–Crippen MR) is 121 cm³/mol. The van der Waals surface area contributed by atoms with Gasteiger partial charge in [0.25, 0.3) is 5.69 Å². The third-order valence-electron chi connectivity index (χ3n) is 5.16. The number of carbonyl (C=O) groups is 1. The molecule has 1 aliphatic rings. The fourth-order valence-corrected chi connectivity index (χ4v) is 3.74. The molecule has 1 N–H and O–H groups in total. The monoisotopic (exact) mass is 441 g/mol. The first-order valence-electron chi connectivity index (χ1n) is 9.64. The van der Waals surface area contributed by atoms with Crippen molar-refractivity contribution >= 4 is 28.8 Å². The van der Waals surface area contributed by atoms with Crippen molar-refractivity contribution in [3.63, 3.8) is 0 Å². The number of carbonyl (C=O) groups excluding carboxylic acids is 1. The third-order valence-corrected chi connectivity index (χ3v) is 5.55. The van der Waals surface area contributed by atoms with Crippen molar-refractivity contribution in [2.75, 3.05) is 20.8 Å². The van der Waals surface area contributed by atoms with E-state index >= 15 is 0 Å². The summed E-state index contributed by atoms with van der Waals surface area (Å²) in [5, 5.41) is 15.4. The van der Waals surface area contributed by atoms with E-state index in [1.54, 1.807) is 50.1 Å². The van der Waals surface area contributed by atoms with Crippen LogP contribution in [0.2, 0.25) is 0 Å². The number of benzene rings is 2. The number of thiocarbonyl (C=S) groups is 1. The normalized spacial score (nSPS) is 16.1. The van der Waals surface area contributed by atoms with Gasteiger partial charge in [0.15, 0.2) is 22.4 Å². The molecule has 0 saturated heterocycles. The molecule has 3 rings (SSSR count). The number of Topliss-reactive ketones (excluding diaryl/α,β-unsaturated/α-hetero) is 1. The number of nitro groups is 1.